The Labute approximate surface area is 43.6 Å². The van der Waals surface area contributed by atoms with Crippen molar-refractivity contribution in [2.24, 2.45) is 0 Å². The van der Waals surface area contributed by atoms with Gasteiger partial charge in [-0.05, 0) is 6.42 Å². The van der Waals surface area contributed by atoms with Crippen molar-refractivity contribution < 1.29 is 0 Å². The SMILES string of the molecule is C=CCCCl.N. The molecular weight excluding hydrogens is 97.5 g/mol. The Morgan fingerprint density at radius 2 is 2.17 bits per heavy atom. The predicted molar refractivity (Wildman–Crippen MR) is 30.6 cm³/mol. The van der Waals surface area contributed by atoms with Crippen LogP contribution in [-0.2, 0) is 0 Å². The molecule has 0 aromatic carbocycles. The van der Waals surface area contributed by atoms with Gasteiger partial charge in [0, 0.05) is 5.88 Å². The maximum Gasteiger partial charge on any atom is 0.0257 e. The molecule has 0 amide bonds. The summed E-state index contributed by atoms with van der Waals surface area (Å²) in [6, 6.07) is 0. The third kappa shape index (κ3) is 9.01. The van der Waals surface area contributed by atoms with Crippen molar-refractivity contribution in [2.45, 2.75) is 6.42 Å². The third-order valence-corrected chi connectivity index (χ3v) is 0.531. The van der Waals surface area contributed by atoms with Crippen LogP contribution >= 0.6 is 11.6 Å². The molecule has 0 rings (SSSR count). The Morgan fingerprint density at radius 1 is 1.67 bits per heavy atom. The summed E-state index contributed by atoms with van der Waals surface area (Å²) in [5.41, 5.74) is 0. The van der Waals surface area contributed by atoms with Gasteiger partial charge < -0.3 is 6.15 Å². The Kier molecular flexibility index (Phi) is 13.9. The molecular formula is C4H10ClN. The molecule has 0 saturated heterocycles. The van der Waals surface area contributed by atoms with E-state index >= 15 is 0 Å². The molecule has 6 heavy (non-hydrogen) atoms. The van der Waals surface area contributed by atoms with Crippen LogP contribution in [0.4, 0.5) is 0 Å². The summed E-state index contributed by atoms with van der Waals surface area (Å²) in [5.74, 6) is 0.698. The van der Waals surface area contributed by atoms with Gasteiger partial charge in [-0.25, -0.2) is 0 Å². The summed E-state index contributed by atoms with van der Waals surface area (Å²) < 4.78 is 0. The summed E-state index contributed by atoms with van der Waals surface area (Å²) in [6.07, 6.45) is 2.72. The van der Waals surface area contributed by atoms with Crippen molar-refractivity contribution >= 4 is 11.6 Å². The highest BCUT2D eigenvalue weighted by Crippen LogP contribution is 1.80. The molecule has 0 aliphatic rings. The monoisotopic (exact) mass is 107 g/mol. The van der Waals surface area contributed by atoms with E-state index in [9.17, 15) is 0 Å². The van der Waals surface area contributed by atoms with E-state index in [1.165, 1.54) is 0 Å². The molecule has 0 heterocycles. The van der Waals surface area contributed by atoms with Gasteiger partial charge in [-0.2, -0.15) is 0 Å². The van der Waals surface area contributed by atoms with Crippen LogP contribution in [0.3, 0.4) is 0 Å². The molecule has 0 unspecified atom stereocenters. The standard InChI is InChI=1S/C4H7Cl.H3N/c1-2-3-4-5;/h2H,1,3-4H2;1H3. The highest BCUT2D eigenvalue weighted by molar-refractivity contribution is 6.17. The van der Waals surface area contributed by atoms with E-state index < -0.39 is 0 Å². The zero-order valence-electron chi connectivity index (χ0n) is 3.78. The predicted octanol–water partition coefficient (Wildman–Crippen LogP) is 1.96. The maximum absolute atomic E-state index is 5.23. The molecule has 0 atom stereocenters. The van der Waals surface area contributed by atoms with Crippen LogP contribution in [0.5, 0.6) is 0 Å². The number of hydrogen-bond acceptors (Lipinski definition) is 1. The lowest BCUT2D eigenvalue weighted by Crippen LogP contribution is -1.59. The lowest BCUT2D eigenvalue weighted by molar-refractivity contribution is 1.24. The number of allylic oxidation sites excluding steroid dienone is 1. The van der Waals surface area contributed by atoms with Gasteiger partial charge in [-0.1, -0.05) is 6.08 Å². The second-order valence-electron chi connectivity index (χ2n) is 0.766. The Morgan fingerprint density at radius 3 is 2.17 bits per heavy atom. The minimum absolute atomic E-state index is 0. The Balaban J connectivity index is 0. The van der Waals surface area contributed by atoms with Crippen LogP contribution in [0.1, 0.15) is 6.42 Å². The van der Waals surface area contributed by atoms with E-state index in [2.05, 4.69) is 6.58 Å². The van der Waals surface area contributed by atoms with Crippen molar-refractivity contribution in [3.05, 3.63) is 12.7 Å². The second kappa shape index (κ2) is 8.89. The minimum atomic E-state index is 0. The molecule has 0 saturated carbocycles. The first-order valence-corrected chi connectivity index (χ1v) is 2.12. The molecule has 38 valence electrons. The zero-order chi connectivity index (χ0) is 4.12. The molecule has 0 aliphatic carbocycles. The number of hydrogen-bond donors (Lipinski definition) is 1. The smallest absolute Gasteiger partial charge is 0.0257 e. The average Bonchev–Trinajstić information content (AvgIpc) is 1.41. The quantitative estimate of drug-likeness (QED) is 0.425. The molecule has 0 bridgehead atoms. The van der Waals surface area contributed by atoms with Crippen molar-refractivity contribution in [1.29, 1.82) is 0 Å². The lowest BCUT2D eigenvalue weighted by atomic mass is 10.5. The number of rotatable bonds is 2. The minimum Gasteiger partial charge on any atom is -0.344 e. The van der Waals surface area contributed by atoms with E-state index in [1.807, 2.05) is 0 Å². The van der Waals surface area contributed by atoms with Gasteiger partial charge in [-0.3, -0.25) is 0 Å². The van der Waals surface area contributed by atoms with E-state index in [4.69, 9.17) is 11.6 Å². The molecule has 2 heteroatoms. The van der Waals surface area contributed by atoms with Gasteiger partial charge >= 0.3 is 0 Å². The van der Waals surface area contributed by atoms with Gasteiger partial charge in [-0.15, -0.1) is 18.2 Å². The molecule has 3 N–H and O–H groups in total. The van der Waals surface area contributed by atoms with Crippen LogP contribution < -0.4 is 6.15 Å². The Hall–Kier alpha value is -0.0100. The van der Waals surface area contributed by atoms with Gasteiger partial charge in [0.1, 0.15) is 0 Å². The van der Waals surface area contributed by atoms with Crippen LogP contribution in [-0.4, -0.2) is 5.88 Å². The van der Waals surface area contributed by atoms with Crippen LogP contribution in [0.25, 0.3) is 0 Å². The normalized spacial score (nSPS) is 6.17. The Bertz CT molecular complexity index is 28.7. The zero-order valence-corrected chi connectivity index (χ0v) is 4.54. The fraction of sp³-hybridized carbons (Fsp3) is 0.500. The lowest BCUT2D eigenvalue weighted by Gasteiger charge is -1.70. The summed E-state index contributed by atoms with van der Waals surface area (Å²) in [7, 11) is 0. The molecule has 0 aromatic heterocycles. The average molecular weight is 108 g/mol. The van der Waals surface area contributed by atoms with Crippen molar-refractivity contribution in [1.82, 2.24) is 6.15 Å². The summed E-state index contributed by atoms with van der Waals surface area (Å²) in [6.45, 7) is 3.47. The maximum atomic E-state index is 5.23. The number of halogens is 1. The highest BCUT2D eigenvalue weighted by atomic mass is 35.5. The van der Waals surface area contributed by atoms with Crippen molar-refractivity contribution in [3.8, 4) is 0 Å². The second-order valence-corrected chi connectivity index (χ2v) is 1.14. The summed E-state index contributed by atoms with van der Waals surface area (Å²) in [5, 5.41) is 0. The van der Waals surface area contributed by atoms with Crippen LogP contribution in [0, 0.1) is 0 Å². The fourth-order valence-electron chi connectivity index (χ4n) is 0.0772. The summed E-state index contributed by atoms with van der Waals surface area (Å²) in [4.78, 5) is 0. The van der Waals surface area contributed by atoms with Crippen LogP contribution in [0.15, 0.2) is 12.7 Å². The molecule has 0 radical (unpaired) electrons. The van der Waals surface area contributed by atoms with Gasteiger partial charge in [0.15, 0.2) is 0 Å². The largest absolute Gasteiger partial charge is 0.344 e. The molecule has 0 fully saturated rings. The molecule has 1 nitrogen and oxygen atoms in total. The van der Waals surface area contributed by atoms with Gasteiger partial charge in [0.2, 0.25) is 0 Å². The van der Waals surface area contributed by atoms with Crippen LogP contribution in [0.2, 0.25) is 0 Å². The first-order chi connectivity index (χ1) is 2.41. The van der Waals surface area contributed by atoms with E-state index in [-0.39, 0.29) is 6.15 Å². The first kappa shape index (κ1) is 9.37. The van der Waals surface area contributed by atoms with E-state index in [1.54, 1.807) is 6.08 Å². The summed E-state index contributed by atoms with van der Waals surface area (Å²) >= 11 is 5.23. The first-order valence-electron chi connectivity index (χ1n) is 1.58. The highest BCUT2D eigenvalue weighted by Gasteiger charge is 1.64. The molecule has 0 spiro atoms. The van der Waals surface area contributed by atoms with Gasteiger partial charge in [0.25, 0.3) is 0 Å². The van der Waals surface area contributed by atoms with E-state index in [0.29, 0.717) is 5.88 Å². The van der Waals surface area contributed by atoms with Crippen molar-refractivity contribution in [2.75, 3.05) is 5.88 Å². The third-order valence-electron chi connectivity index (χ3n) is 0.313. The van der Waals surface area contributed by atoms with Crippen molar-refractivity contribution in [3.63, 3.8) is 0 Å². The topological polar surface area (TPSA) is 35.0 Å². The number of alkyl halides is 1. The van der Waals surface area contributed by atoms with Gasteiger partial charge in [0.05, 0.1) is 0 Å². The molecule has 0 aromatic rings. The fourth-order valence-corrected chi connectivity index (χ4v) is 0.231. The van der Waals surface area contributed by atoms with E-state index in [0.717, 1.165) is 6.42 Å². The molecule has 0 aliphatic heterocycles.